The molecular formula is C15H14FNO2. The van der Waals surface area contributed by atoms with Gasteiger partial charge < -0.3 is 4.74 Å². The first-order valence-corrected chi connectivity index (χ1v) is 6.09. The molecule has 0 atom stereocenters. The Bertz CT molecular complexity index is 584. The van der Waals surface area contributed by atoms with Crippen LogP contribution < -0.4 is 4.74 Å². The highest BCUT2D eigenvalue weighted by molar-refractivity contribution is 6.09. The van der Waals surface area contributed by atoms with E-state index in [4.69, 9.17) is 4.74 Å². The number of hydrogen-bond acceptors (Lipinski definition) is 3. The molecule has 1 aromatic carbocycles. The van der Waals surface area contributed by atoms with E-state index in [0.29, 0.717) is 17.9 Å². The predicted molar refractivity (Wildman–Crippen MR) is 69.9 cm³/mol. The van der Waals surface area contributed by atoms with Crippen molar-refractivity contribution in [2.45, 2.75) is 13.3 Å². The van der Waals surface area contributed by atoms with Crippen molar-refractivity contribution in [3.63, 3.8) is 0 Å². The second-order valence-corrected chi connectivity index (χ2v) is 4.07. The Morgan fingerprint density at radius 2 is 2.11 bits per heavy atom. The van der Waals surface area contributed by atoms with E-state index in [9.17, 15) is 9.18 Å². The molecule has 3 nitrogen and oxygen atoms in total. The molecule has 0 amide bonds. The third-order valence-corrected chi connectivity index (χ3v) is 2.57. The number of benzene rings is 1. The van der Waals surface area contributed by atoms with Gasteiger partial charge in [0.15, 0.2) is 5.78 Å². The van der Waals surface area contributed by atoms with Crippen molar-refractivity contribution in [1.82, 2.24) is 4.98 Å². The first-order valence-electron chi connectivity index (χ1n) is 6.09. The van der Waals surface area contributed by atoms with E-state index in [-0.39, 0.29) is 5.56 Å². The second kappa shape index (κ2) is 6.09. The minimum absolute atomic E-state index is 0.0388. The van der Waals surface area contributed by atoms with Gasteiger partial charge >= 0.3 is 0 Å². The molecule has 0 unspecified atom stereocenters. The summed E-state index contributed by atoms with van der Waals surface area (Å²) >= 11 is 0. The molecule has 98 valence electrons. The van der Waals surface area contributed by atoms with Crippen molar-refractivity contribution in [3.8, 4) is 5.75 Å². The maximum Gasteiger partial charge on any atom is 0.197 e. The Morgan fingerprint density at radius 1 is 1.32 bits per heavy atom. The molecule has 0 aliphatic carbocycles. The Balaban J connectivity index is 2.27. The Morgan fingerprint density at radius 3 is 2.84 bits per heavy atom. The van der Waals surface area contributed by atoms with Gasteiger partial charge in [-0.1, -0.05) is 19.1 Å². The summed E-state index contributed by atoms with van der Waals surface area (Å²) in [7, 11) is 0. The summed E-state index contributed by atoms with van der Waals surface area (Å²) < 4.78 is 19.0. The van der Waals surface area contributed by atoms with Crippen molar-refractivity contribution in [3.05, 3.63) is 59.7 Å². The fraction of sp³-hybridized carbons (Fsp3) is 0.200. The molecule has 0 bridgehead atoms. The number of ketones is 1. The molecule has 0 aliphatic rings. The van der Waals surface area contributed by atoms with Crippen LogP contribution >= 0.6 is 0 Å². The van der Waals surface area contributed by atoms with Crippen LogP contribution in [0.4, 0.5) is 4.39 Å². The molecule has 0 fully saturated rings. The van der Waals surface area contributed by atoms with Crippen LogP contribution in [-0.2, 0) is 0 Å². The van der Waals surface area contributed by atoms with Crippen LogP contribution in [0, 0.1) is 5.82 Å². The summed E-state index contributed by atoms with van der Waals surface area (Å²) in [5.74, 6) is -0.413. The number of carbonyl (C=O) groups excluding carboxylic acids is 1. The molecule has 1 aromatic heterocycles. The molecule has 2 aromatic rings. The molecule has 2 rings (SSSR count). The van der Waals surface area contributed by atoms with Crippen molar-refractivity contribution < 1.29 is 13.9 Å². The summed E-state index contributed by atoms with van der Waals surface area (Å²) in [5, 5.41) is 0. The first-order chi connectivity index (χ1) is 9.22. The lowest BCUT2D eigenvalue weighted by Crippen LogP contribution is -2.05. The summed E-state index contributed by atoms with van der Waals surface area (Å²) in [5.41, 5.74) is 0.357. The molecule has 0 spiro atoms. The number of halogens is 1. The smallest absolute Gasteiger partial charge is 0.197 e. The van der Waals surface area contributed by atoms with Gasteiger partial charge in [0, 0.05) is 11.8 Å². The zero-order valence-corrected chi connectivity index (χ0v) is 10.6. The minimum Gasteiger partial charge on any atom is -0.492 e. The monoisotopic (exact) mass is 259 g/mol. The molecular weight excluding hydrogens is 245 g/mol. The summed E-state index contributed by atoms with van der Waals surface area (Å²) in [6, 6.07) is 7.47. The van der Waals surface area contributed by atoms with Gasteiger partial charge in [-0.25, -0.2) is 4.39 Å². The molecule has 0 saturated carbocycles. The molecule has 4 heteroatoms. The van der Waals surface area contributed by atoms with Gasteiger partial charge in [-0.05, 0) is 24.6 Å². The third-order valence-electron chi connectivity index (χ3n) is 2.57. The standard InChI is InChI=1S/C15H14FNO2/c1-2-7-19-12-8-11(9-17-10-12)15(18)13-5-3-4-6-14(13)16/h3-6,8-10H,2,7H2,1H3. The van der Waals surface area contributed by atoms with Crippen molar-refractivity contribution in [2.24, 2.45) is 0 Å². The lowest BCUT2D eigenvalue weighted by atomic mass is 10.0. The van der Waals surface area contributed by atoms with Gasteiger partial charge in [-0.2, -0.15) is 0 Å². The zero-order chi connectivity index (χ0) is 13.7. The maximum absolute atomic E-state index is 13.6. The van der Waals surface area contributed by atoms with Crippen molar-refractivity contribution in [1.29, 1.82) is 0 Å². The van der Waals surface area contributed by atoms with Gasteiger partial charge in [0.1, 0.15) is 11.6 Å². The minimum atomic E-state index is -0.535. The average molecular weight is 259 g/mol. The Kier molecular flexibility index (Phi) is 4.23. The first kappa shape index (κ1) is 13.2. The van der Waals surface area contributed by atoms with Crippen LogP contribution in [0.2, 0.25) is 0 Å². The quantitative estimate of drug-likeness (QED) is 0.774. The van der Waals surface area contributed by atoms with Gasteiger partial charge in [-0.15, -0.1) is 0 Å². The molecule has 0 N–H and O–H groups in total. The van der Waals surface area contributed by atoms with Crippen molar-refractivity contribution in [2.75, 3.05) is 6.61 Å². The topological polar surface area (TPSA) is 39.2 Å². The van der Waals surface area contributed by atoms with Gasteiger partial charge in [0.2, 0.25) is 0 Å². The van der Waals surface area contributed by atoms with Crippen LogP contribution in [0.3, 0.4) is 0 Å². The third kappa shape index (κ3) is 3.16. The average Bonchev–Trinajstić information content (AvgIpc) is 2.45. The second-order valence-electron chi connectivity index (χ2n) is 4.07. The van der Waals surface area contributed by atoms with E-state index in [2.05, 4.69) is 4.98 Å². The largest absolute Gasteiger partial charge is 0.492 e. The highest BCUT2D eigenvalue weighted by Gasteiger charge is 2.14. The van der Waals surface area contributed by atoms with Crippen LogP contribution in [-0.4, -0.2) is 17.4 Å². The molecule has 19 heavy (non-hydrogen) atoms. The lowest BCUT2D eigenvalue weighted by Gasteiger charge is -2.06. The van der Waals surface area contributed by atoms with E-state index >= 15 is 0 Å². The van der Waals surface area contributed by atoms with Gasteiger partial charge in [0.05, 0.1) is 18.4 Å². The van der Waals surface area contributed by atoms with E-state index in [1.807, 2.05) is 6.92 Å². The maximum atomic E-state index is 13.6. The normalized spacial score (nSPS) is 10.2. The highest BCUT2D eigenvalue weighted by Crippen LogP contribution is 2.17. The Hall–Kier alpha value is -2.23. The lowest BCUT2D eigenvalue weighted by molar-refractivity contribution is 0.103. The van der Waals surface area contributed by atoms with E-state index in [0.717, 1.165) is 6.42 Å². The van der Waals surface area contributed by atoms with Crippen LogP contribution in [0.5, 0.6) is 5.75 Å². The number of aromatic nitrogens is 1. The number of ether oxygens (including phenoxy) is 1. The number of hydrogen-bond donors (Lipinski definition) is 0. The Labute approximate surface area is 111 Å². The summed E-state index contributed by atoms with van der Waals surface area (Å²) in [6.45, 7) is 2.54. The number of nitrogens with zero attached hydrogens (tertiary/aromatic N) is 1. The SMILES string of the molecule is CCCOc1cncc(C(=O)c2ccccc2F)c1. The fourth-order valence-corrected chi connectivity index (χ4v) is 1.64. The molecule has 1 heterocycles. The van der Waals surface area contributed by atoms with E-state index in [1.54, 1.807) is 18.2 Å². The zero-order valence-electron chi connectivity index (χ0n) is 10.6. The summed E-state index contributed by atoms with van der Waals surface area (Å²) in [6.07, 6.45) is 3.81. The van der Waals surface area contributed by atoms with E-state index in [1.165, 1.54) is 24.5 Å². The number of rotatable bonds is 5. The van der Waals surface area contributed by atoms with Crippen molar-refractivity contribution >= 4 is 5.78 Å². The molecule has 0 saturated heterocycles. The van der Waals surface area contributed by atoms with Gasteiger partial charge in [0.25, 0.3) is 0 Å². The van der Waals surface area contributed by atoms with Crippen LogP contribution in [0.25, 0.3) is 0 Å². The van der Waals surface area contributed by atoms with Crippen LogP contribution in [0.15, 0.2) is 42.7 Å². The number of carbonyl (C=O) groups is 1. The number of pyridine rings is 1. The van der Waals surface area contributed by atoms with E-state index < -0.39 is 11.6 Å². The van der Waals surface area contributed by atoms with Crippen LogP contribution in [0.1, 0.15) is 29.3 Å². The predicted octanol–water partition coefficient (Wildman–Crippen LogP) is 3.24. The molecule has 0 aliphatic heterocycles. The van der Waals surface area contributed by atoms with Gasteiger partial charge in [-0.3, -0.25) is 9.78 Å². The highest BCUT2D eigenvalue weighted by atomic mass is 19.1. The fourth-order valence-electron chi connectivity index (χ4n) is 1.64. The molecule has 0 radical (unpaired) electrons. The summed E-state index contributed by atoms with van der Waals surface area (Å²) in [4.78, 5) is 16.1.